The van der Waals surface area contributed by atoms with E-state index < -0.39 is 0 Å². The summed E-state index contributed by atoms with van der Waals surface area (Å²) in [5.74, 6) is 1.04. The minimum Gasteiger partial charge on any atom is -0.508 e. The molecule has 0 spiro atoms. The number of amides is 1. The molecule has 1 rings (SSSR count). The third-order valence-corrected chi connectivity index (χ3v) is 3.97. The highest BCUT2D eigenvalue weighted by atomic mass is 35.5. The Hall–Kier alpha value is -0.910. The Morgan fingerprint density at radius 3 is 2.43 bits per heavy atom. The number of hydrogen-bond donors (Lipinski definition) is 3. The number of carbonyl (C=O) groups excluding carboxylic acids is 1. The van der Waals surface area contributed by atoms with Crippen molar-refractivity contribution in [1.82, 2.24) is 5.32 Å². The number of carbonyl (C=O) groups is 1. The molecule has 0 aromatic heterocycles. The third-order valence-electron chi connectivity index (χ3n) is 2.96. The average Bonchev–Trinajstić information content (AvgIpc) is 2.37. The molecule has 21 heavy (non-hydrogen) atoms. The zero-order valence-corrected chi connectivity index (χ0v) is 14.4. The van der Waals surface area contributed by atoms with Crippen LogP contribution in [0.2, 0.25) is 0 Å². The van der Waals surface area contributed by atoms with Crippen LogP contribution in [0.4, 0.5) is 0 Å². The second kappa shape index (κ2) is 9.18. The zero-order valence-electron chi connectivity index (χ0n) is 12.8. The molecular weight excluding hydrogens is 308 g/mol. The number of phenolic OH excluding ortho intramolecular Hbond substituents is 1. The van der Waals surface area contributed by atoms with Gasteiger partial charge in [-0.3, -0.25) is 4.79 Å². The number of nitrogens with one attached hydrogen (secondary N) is 1. The summed E-state index contributed by atoms with van der Waals surface area (Å²) in [6.07, 6.45) is 0.860. The molecule has 120 valence electrons. The van der Waals surface area contributed by atoms with Gasteiger partial charge in [0.2, 0.25) is 5.91 Å². The number of thioether (sulfide) groups is 1. The summed E-state index contributed by atoms with van der Waals surface area (Å²) in [4.78, 5) is 13.0. The van der Waals surface area contributed by atoms with E-state index >= 15 is 0 Å². The van der Waals surface area contributed by atoms with E-state index in [2.05, 4.69) is 19.2 Å². The highest BCUT2D eigenvalue weighted by molar-refractivity contribution is 8.00. The second-order valence-corrected chi connectivity index (χ2v) is 6.74. The van der Waals surface area contributed by atoms with Crippen LogP contribution in [0.25, 0.3) is 0 Å². The standard InChI is InChI=1S/C15H24N2O2S.ClH/c1-11(2)8-15(3,10-16)17-14(19)9-20-13-6-4-12(18)5-7-13;/h4-7,11,18H,8-10,16H2,1-3H3,(H,17,19);1H. The fraction of sp³-hybridized carbons (Fsp3) is 0.533. The smallest absolute Gasteiger partial charge is 0.230 e. The van der Waals surface area contributed by atoms with Crippen molar-refractivity contribution in [3.05, 3.63) is 24.3 Å². The molecule has 1 amide bonds. The Kier molecular flexibility index (Phi) is 8.78. The molecule has 1 aromatic rings. The number of aromatic hydroxyl groups is 1. The molecule has 0 fully saturated rings. The predicted octanol–water partition coefficient (Wildman–Crippen LogP) is 2.79. The second-order valence-electron chi connectivity index (χ2n) is 5.69. The first-order chi connectivity index (χ1) is 9.34. The summed E-state index contributed by atoms with van der Waals surface area (Å²) < 4.78 is 0. The van der Waals surface area contributed by atoms with Gasteiger partial charge in [0.25, 0.3) is 0 Å². The number of benzene rings is 1. The molecule has 4 N–H and O–H groups in total. The molecule has 1 aromatic carbocycles. The van der Waals surface area contributed by atoms with E-state index in [0.29, 0.717) is 18.2 Å². The maximum Gasteiger partial charge on any atom is 0.230 e. The molecule has 1 unspecified atom stereocenters. The SMILES string of the molecule is CC(C)CC(C)(CN)NC(=O)CSc1ccc(O)cc1.Cl. The van der Waals surface area contributed by atoms with Crippen molar-refractivity contribution >= 4 is 30.1 Å². The van der Waals surface area contributed by atoms with Gasteiger partial charge in [-0.25, -0.2) is 0 Å². The minimum absolute atomic E-state index is 0. The van der Waals surface area contributed by atoms with Crippen LogP contribution < -0.4 is 11.1 Å². The van der Waals surface area contributed by atoms with E-state index in [1.54, 1.807) is 24.3 Å². The Morgan fingerprint density at radius 1 is 1.38 bits per heavy atom. The van der Waals surface area contributed by atoms with Crippen LogP contribution in [0.1, 0.15) is 27.2 Å². The van der Waals surface area contributed by atoms with Crippen LogP contribution in [-0.4, -0.2) is 28.9 Å². The van der Waals surface area contributed by atoms with E-state index in [9.17, 15) is 9.90 Å². The van der Waals surface area contributed by atoms with Crippen LogP contribution in [0.3, 0.4) is 0 Å². The summed E-state index contributed by atoms with van der Waals surface area (Å²) in [6.45, 7) is 6.65. The molecule has 0 aliphatic rings. The largest absolute Gasteiger partial charge is 0.508 e. The van der Waals surface area contributed by atoms with E-state index in [0.717, 1.165) is 11.3 Å². The maximum atomic E-state index is 12.0. The van der Waals surface area contributed by atoms with Crippen molar-refractivity contribution in [3.63, 3.8) is 0 Å². The van der Waals surface area contributed by atoms with Gasteiger partial charge in [-0.15, -0.1) is 24.2 Å². The number of hydrogen-bond acceptors (Lipinski definition) is 4. The van der Waals surface area contributed by atoms with Gasteiger partial charge in [0, 0.05) is 17.0 Å². The van der Waals surface area contributed by atoms with E-state index in [-0.39, 0.29) is 29.6 Å². The average molecular weight is 333 g/mol. The number of halogens is 1. The quantitative estimate of drug-likeness (QED) is 0.671. The normalized spacial score (nSPS) is 13.4. The van der Waals surface area contributed by atoms with E-state index in [1.165, 1.54) is 11.8 Å². The highest BCUT2D eigenvalue weighted by Crippen LogP contribution is 2.21. The first-order valence-electron chi connectivity index (χ1n) is 6.77. The fourth-order valence-corrected chi connectivity index (χ4v) is 2.85. The molecule has 0 bridgehead atoms. The Morgan fingerprint density at radius 2 is 1.95 bits per heavy atom. The van der Waals surface area contributed by atoms with Gasteiger partial charge < -0.3 is 16.2 Å². The molecule has 0 aliphatic carbocycles. The Bertz CT molecular complexity index is 440. The molecule has 0 saturated heterocycles. The van der Waals surface area contributed by atoms with Crippen molar-refractivity contribution in [1.29, 1.82) is 0 Å². The monoisotopic (exact) mass is 332 g/mol. The predicted molar refractivity (Wildman–Crippen MR) is 91.1 cm³/mol. The van der Waals surface area contributed by atoms with Gasteiger partial charge in [-0.05, 0) is 43.5 Å². The minimum atomic E-state index is -0.346. The van der Waals surface area contributed by atoms with Gasteiger partial charge in [0.15, 0.2) is 0 Å². The van der Waals surface area contributed by atoms with Gasteiger partial charge in [-0.1, -0.05) is 13.8 Å². The molecular formula is C15H25ClN2O2S. The third kappa shape index (κ3) is 7.60. The number of nitrogens with two attached hydrogens (primary N) is 1. The zero-order chi connectivity index (χ0) is 15.2. The molecule has 4 nitrogen and oxygen atoms in total. The van der Waals surface area contributed by atoms with Gasteiger partial charge in [0.1, 0.15) is 5.75 Å². The molecule has 0 saturated carbocycles. The molecule has 0 heterocycles. The summed E-state index contributed by atoms with van der Waals surface area (Å²) >= 11 is 1.44. The maximum absolute atomic E-state index is 12.0. The summed E-state index contributed by atoms with van der Waals surface area (Å²) in [7, 11) is 0. The van der Waals surface area contributed by atoms with E-state index in [1.807, 2.05) is 6.92 Å². The first kappa shape index (κ1) is 20.1. The van der Waals surface area contributed by atoms with Crippen molar-refractivity contribution in [2.45, 2.75) is 37.6 Å². The topological polar surface area (TPSA) is 75.3 Å². The van der Waals surface area contributed by atoms with Crippen molar-refractivity contribution in [2.75, 3.05) is 12.3 Å². The molecule has 6 heteroatoms. The fourth-order valence-electron chi connectivity index (χ4n) is 2.15. The Balaban J connectivity index is 0.00000400. The number of rotatable bonds is 7. The van der Waals surface area contributed by atoms with Crippen LogP contribution in [0.5, 0.6) is 5.75 Å². The van der Waals surface area contributed by atoms with Crippen molar-refractivity contribution in [2.24, 2.45) is 11.7 Å². The van der Waals surface area contributed by atoms with Gasteiger partial charge in [0.05, 0.1) is 5.75 Å². The van der Waals surface area contributed by atoms with Crippen LogP contribution in [0, 0.1) is 5.92 Å². The lowest BCUT2D eigenvalue weighted by atomic mass is 9.91. The molecule has 1 atom stereocenters. The lowest BCUT2D eigenvalue weighted by Crippen LogP contribution is -2.52. The van der Waals surface area contributed by atoms with Gasteiger partial charge >= 0.3 is 0 Å². The molecule has 0 radical (unpaired) electrons. The highest BCUT2D eigenvalue weighted by Gasteiger charge is 2.25. The van der Waals surface area contributed by atoms with Crippen LogP contribution >= 0.6 is 24.2 Å². The summed E-state index contributed by atoms with van der Waals surface area (Å²) in [5, 5.41) is 12.2. The van der Waals surface area contributed by atoms with Crippen LogP contribution in [0.15, 0.2) is 29.2 Å². The van der Waals surface area contributed by atoms with Gasteiger partial charge in [-0.2, -0.15) is 0 Å². The molecule has 0 aliphatic heterocycles. The number of phenols is 1. The van der Waals surface area contributed by atoms with Crippen molar-refractivity contribution < 1.29 is 9.90 Å². The first-order valence-corrected chi connectivity index (χ1v) is 7.76. The van der Waals surface area contributed by atoms with Crippen LogP contribution in [-0.2, 0) is 4.79 Å². The summed E-state index contributed by atoms with van der Waals surface area (Å²) in [5.41, 5.74) is 5.43. The lowest BCUT2D eigenvalue weighted by Gasteiger charge is -2.31. The Labute approximate surface area is 137 Å². The van der Waals surface area contributed by atoms with Crippen molar-refractivity contribution in [3.8, 4) is 5.75 Å². The lowest BCUT2D eigenvalue weighted by molar-refractivity contribution is -0.120. The van der Waals surface area contributed by atoms with E-state index in [4.69, 9.17) is 5.73 Å². The summed E-state index contributed by atoms with van der Waals surface area (Å²) in [6, 6.07) is 6.82.